The first-order chi connectivity index (χ1) is 63.6. The molecule has 14 aromatic heterocycles. The van der Waals surface area contributed by atoms with Gasteiger partial charge >= 0.3 is 0 Å². The molecule has 0 radical (unpaired) electrons. The van der Waals surface area contributed by atoms with Gasteiger partial charge < -0.3 is 0 Å². The highest BCUT2D eigenvalue weighted by Crippen LogP contribution is 2.42. The van der Waals surface area contributed by atoms with Gasteiger partial charge in [-0.3, -0.25) is 54.8 Å². The normalized spacial score (nSPS) is 10.9. The van der Waals surface area contributed by atoms with Crippen molar-refractivity contribution in [3.05, 3.63) is 444 Å². The van der Waals surface area contributed by atoms with E-state index in [2.05, 4.69) is 219 Å². The molecule has 17 nitrogen and oxygen atoms in total. The first-order valence-electron chi connectivity index (χ1n) is 42.1. The lowest BCUT2D eigenvalue weighted by Gasteiger charge is -2.13. The molecule has 0 N–H and O–H groups in total. The lowest BCUT2D eigenvalue weighted by molar-refractivity contribution is 1.06. The fourth-order valence-electron chi connectivity index (χ4n) is 15.7. The van der Waals surface area contributed by atoms with Gasteiger partial charge in [0.05, 0.1) is 56.9 Å². The second kappa shape index (κ2) is 38.0. The van der Waals surface area contributed by atoms with Crippen LogP contribution in [-0.2, 0) is 0 Å². The van der Waals surface area contributed by atoms with E-state index in [-0.39, 0.29) is 0 Å². The van der Waals surface area contributed by atoms with E-state index in [9.17, 15) is 0 Å². The van der Waals surface area contributed by atoms with Crippen LogP contribution in [0.25, 0.3) is 202 Å². The van der Waals surface area contributed by atoms with Crippen molar-refractivity contribution in [2.75, 3.05) is 0 Å². The molecular formula is C112H79N17. The van der Waals surface area contributed by atoms with Crippen LogP contribution in [0.5, 0.6) is 0 Å². The van der Waals surface area contributed by atoms with E-state index in [0.717, 1.165) is 202 Å². The van der Waals surface area contributed by atoms with Crippen LogP contribution in [0.4, 0.5) is 0 Å². The van der Waals surface area contributed by atoms with E-state index in [1.165, 1.54) is 0 Å². The summed E-state index contributed by atoms with van der Waals surface area (Å²) in [5.74, 6) is 2.08. The monoisotopic (exact) mass is 1660 g/mol. The molecule has 0 atom stereocenters. The topological polar surface area (TPSA) is 219 Å². The second-order valence-electron chi connectivity index (χ2n) is 30.7. The summed E-state index contributed by atoms with van der Waals surface area (Å²) in [6, 6.07) is 108. The highest BCUT2D eigenvalue weighted by molar-refractivity contribution is 5.88. The highest BCUT2D eigenvalue weighted by Gasteiger charge is 2.20. The summed E-state index contributed by atoms with van der Waals surface area (Å²) in [6.07, 6.45) is 32.8. The van der Waals surface area contributed by atoms with Crippen LogP contribution in [0.2, 0.25) is 0 Å². The molecule has 0 amide bonds. The molecule has 0 aliphatic carbocycles. The summed E-state index contributed by atoms with van der Waals surface area (Å²) in [7, 11) is 0. The zero-order chi connectivity index (χ0) is 87.0. The maximum atomic E-state index is 4.91. The zero-order valence-electron chi connectivity index (χ0n) is 70.5. The Hall–Kier alpha value is -17.6. The lowest BCUT2D eigenvalue weighted by atomic mass is 9.94. The van der Waals surface area contributed by atoms with E-state index in [1.807, 2.05) is 265 Å². The van der Waals surface area contributed by atoms with E-state index in [0.29, 0.717) is 17.5 Å². The fourth-order valence-corrected chi connectivity index (χ4v) is 15.7. The summed E-state index contributed by atoms with van der Waals surface area (Å²) in [4.78, 5) is 77.8. The van der Waals surface area contributed by atoms with E-state index < -0.39 is 0 Å². The Bertz CT molecular complexity index is 5960. The summed E-state index contributed by atoms with van der Waals surface area (Å²) in [5.41, 5.74) is 35.8. The van der Waals surface area contributed by atoms with Crippen molar-refractivity contribution in [3.8, 4) is 202 Å². The Morgan fingerprint density at radius 3 is 0.519 bits per heavy atom. The minimum atomic E-state index is 0.678. The van der Waals surface area contributed by atoms with Crippen molar-refractivity contribution in [1.29, 1.82) is 0 Å². The molecule has 7 aromatic carbocycles. The van der Waals surface area contributed by atoms with Gasteiger partial charge in [-0.15, -0.1) is 0 Å². The molecule has 0 saturated heterocycles. The van der Waals surface area contributed by atoms with Crippen molar-refractivity contribution in [3.63, 3.8) is 0 Å². The molecule has 129 heavy (non-hydrogen) atoms. The maximum Gasteiger partial charge on any atom is 0.126 e. The molecule has 17 heteroatoms. The van der Waals surface area contributed by atoms with Crippen LogP contribution in [-0.4, -0.2) is 84.7 Å². The van der Waals surface area contributed by atoms with Gasteiger partial charge in [0.1, 0.15) is 17.5 Å². The van der Waals surface area contributed by atoms with Gasteiger partial charge in [0.25, 0.3) is 0 Å². The Labute approximate surface area is 746 Å². The third-order valence-electron chi connectivity index (χ3n) is 21.9. The number of pyridine rings is 11. The van der Waals surface area contributed by atoms with Gasteiger partial charge in [-0.05, 0) is 336 Å². The minimum absolute atomic E-state index is 0.678. The molecule has 21 rings (SSSR count). The second-order valence-corrected chi connectivity index (χ2v) is 30.7. The Balaban J connectivity index is 0.000000126. The Morgan fingerprint density at radius 1 is 0.124 bits per heavy atom. The van der Waals surface area contributed by atoms with Crippen molar-refractivity contribution in [1.82, 2.24) is 84.7 Å². The van der Waals surface area contributed by atoms with E-state index >= 15 is 0 Å². The number of hydrogen-bond acceptors (Lipinski definition) is 17. The molecular weight excluding hydrogens is 1580 g/mol. The fraction of sp³-hybridized carbons (Fsp3) is 0.0268. The van der Waals surface area contributed by atoms with E-state index in [1.54, 1.807) is 18.6 Å². The molecule has 0 bridgehead atoms. The molecule has 0 fully saturated rings. The lowest BCUT2D eigenvalue weighted by Crippen LogP contribution is -1.97. The molecule has 0 unspecified atom stereocenters. The third-order valence-corrected chi connectivity index (χ3v) is 21.9. The molecule has 0 aliphatic heterocycles. The van der Waals surface area contributed by atoms with Crippen molar-refractivity contribution in [2.24, 2.45) is 0 Å². The minimum Gasteiger partial charge on any atom is -0.265 e. The summed E-state index contributed by atoms with van der Waals surface area (Å²) in [5, 5.41) is 0. The van der Waals surface area contributed by atoms with Gasteiger partial charge in [-0.25, -0.2) is 29.9 Å². The molecule has 0 spiro atoms. The molecule has 612 valence electrons. The average Bonchev–Trinajstić information content (AvgIpc) is 0.790. The quantitative estimate of drug-likeness (QED) is 0.0779. The van der Waals surface area contributed by atoms with Crippen LogP contribution >= 0.6 is 0 Å². The van der Waals surface area contributed by atoms with Crippen molar-refractivity contribution in [2.45, 2.75) is 20.8 Å². The zero-order valence-corrected chi connectivity index (χ0v) is 70.5. The maximum absolute atomic E-state index is 4.91. The Kier molecular flexibility index (Phi) is 23.9. The summed E-state index contributed by atoms with van der Waals surface area (Å²) in [6.45, 7) is 5.82. The third kappa shape index (κ3) is 19.4. The Morgan fingerprint density at radius 2 is 0.310 bits per heavy atom. The number of aromatic nitrogens is 17. The van der Waals surface area contributed by atoms with Crippen LogP contribution in [0.15, 0.2) is 427 Å². The molecule has 21 aromatic rings. The average molecular weight is 1660 g/mol. The largest absolute Gasteiger partial charge is 0.265 e. The number of rotatable bonds is 18. The molecule has 14 heterocycles. The van der Waals surface area contributed by atoms with Crippen LogP contribution in [0.1, 0.15) is 17.5 Å². The van der Waals surface area contributed by atoms with Gasteiger partial charge in [0.15, 0.2) is 0 Å². The standard InChI is InChI=1S/C38H27N5.2C37H26N6/c1-26-42-37(35-18-31(27-8-3-2-4-9-27)16-32(19-35)28-10-5-13-39-23-28)22-38(43-26)36-20-33(29-11-6-14-40-24-29)17-34(21-36)30-12-7-15-41-25-30;1-25-42-36(34-20-30(26-2-10-38-11-3-26)18-31(21-34)27-4-12-39-13-5-27)24-37(43-25)35-22-32(28-6-14-40-15-7-28)19-33(23-35)29-8-16-41-17-9-29;1-25-42-36(30-20-26(32-10-2-6-14-38-32)18-27(21-30)33-11-3-7-15-39-33)24-37(43-25)31-22-28(34-12-4-8-16-40-34)19-29(23-31)35-13-5-9-17-41-35/h2-25H,1H3;2*2-24H,1H3. The smallest absolute Gasteiger partial charge is 0.126 e. The first-order valence-corrected chi connectivity index (χ1v) is 42.1. The van der Waals surface area contributed by atoms with Crippen molar-refractivity contribution >= 4 is 0 Å². The van der Waals surface area contributed by atoms with Crippen LogP contribution in [0.3, 0.4) is 0 Å². The summed E-state index contributed by atoms with van der Waals surface area (Å²) >= 11 is 0. The van der Waals surface area contributed by atoms with Crippen LogP contribution in [0, 0.1) is 20.8 Å². The SMILES string of the molecule is Cc1nc(-c2cc(-c3ccccc3)cc(-c3cccnc3)c2)cc(-c2cc(-c3cccnc3)cc(-c3cccnc3)c2)n1.Cc1nc(-c2cc(-c3ccccn3)cc(-c3ccccn3)c2)cc(-c2cc(-c3ccccn3)cc(-c3ccccn3)c2)n1.Cc1nc(-c2cc(-c3ccncc3)cc(-c3ccncc3)c2)cc(-c2cc(-c3ccncc3)cc(-c3ccncc3)c2)n1. The van der Waals surface area contributed by atoms with Crippen LogP contribution < -0.4 is 0 Å². The number of hydrogen-bond donors (Lipinski definition) is 0. The number of aryl methyl sites for hydroxylation is 3. The predicted octanol–water partition coefficient (Wildman–Crippen LogP) is 25.7. The van der Waals surface area contributed by atoms with Crippen molar-refractivity contribution < 1.29 is 0 Å². The molecule has 0 saturated carbocycles. The van der Waals surface area contributed by atoms with Gasteiger partial charge in [0.2, 0.25) is 0 Å². The molecule has 0 aliphatic rings. The van der Waals surface area contributed by atoms with Gasteiger partial charge in [-0.1, -0.05) is 72.8 Å². The first kappa shape index (κ1) is 81.1. The number of benzene rings is 7. The highest BCUT2D eigenvalue weighted by atomic mass is 14.9. The van der Waals surface area contributed by atoms with Gasteiger partial charge in [-0.2, -0.15) is 0 Å². The van der Waals surface area contributed by atoms with Gasteiger partial charge in [0, 0.05) is 184 Å². The summed E-state index contributed by atoms with van der Waals surface area (Å²) < 4.78 is 0. The predicted molar refractivity (Wildman–Crippen MR) is 514 cm³/mol. The van der Waals surface area contributed by atoms with E-state index in [4.69, 9.17) is 29.9 Å². The number of nitrogens with zero attached hydrogens (tertiary/aromatic N) is 17.